The lowest BCUT2D eigenvalue weighted by Gasteiger charge is -2.38. The number of carbonyl (C=O) groups is 2. The van der Waals surface area contributed by atoms with Crippen LogP contribution >= 0.6 is 0 Å². The van der Waals surface area contributed by atoms with Gasteiger partial charge in [-0.3, -0.25) is 14.5 Å². The third-order valence-electron chi connectivity index (χ3n) is 6.74. The molecule has 0 spiro atoms. The van der Waals surface area contributed by atoms with E-state index in [-0.39, 0.29) is 23.8 Å². The summed E-state index contributed by atoms with van der Waals surface area (Å²) in [4.78, 5) is 29.3. The lowest BCUT2D eigenvalue weighted by Crippen LogP contribution is -2.52. The van der Waals surface area contributed by atoms with Crippen molar-refractivity contribution >= 4 is 11.8 Å². The van der Waals surface area contributed by atoms with E-state index < -0.39 is 0 Å². The quantitative estimate of drug-likeness (QED) is 0.674. The number of amides is 2. The minimum absolute atomic E-state index is 0.0670. The van der Waals surface area contributed by atoms with Gasteiger partial charge >= 0.3 is 0 Å². The number of rotatable bonds is 9. The topological polar surface area (TPSA) is 61.9 Å². The zero-order valence-corrected chi connectivity index (χ0v) is 18.5. The van der Waals surface area contributed by atoms with Crippen molar-refractivity contribution in [2.45, 2.75) is 51.6 Å². The van der Waals surface area contributed by atoms with Crippen LogP contribution in [0.1, 0.15) is 44.6 Å². The first-order valence-corrected chi connectivity index (χ1v) is 11.4. The highest BCUT2D eigenvalue weighted by Gasteiger charge is 2.36. The number of benzene rings is 1. The van der Waals surface area contributed by atoms with Gasteiger partial charge in [-0.1, -0.05) is 30.3 Å². The predicted molar refractivity (Wildman–Crippen MR) is 118 cm³/mol. The molecule has 1 aromatic rings. The molecule has 2 saturated heterocycles. The lowest BCUT2D eigenvalue weighted by molar-refractivity contribution is -0.143. The summed E-state index contributed by atoms with van der Waals surface area (Å²) in [6, 6.07) is 10.6. The summed E-state index contributed by atoms with van der Waals surface area (Å²) < 4.78 is 5.11. The zero-order valence-electron chi connectivity index (χ0n) is 18.5. The van der Waals surface area contributed by atoms with Crippen molar-refractivity contribution in [1.29, 1.82) is 0 Å². The number of carbonyl (C=O) groups excluding carboxylic acids is 2. The van der Waals surface area contributed by atoms with Crippen molar-refractivity contribution in [2.75, 3.05) is 39.9 Å². The van der Waals surface area contributed by atoms with Crippen LogP contribution in [0.2, 0.25) is 0 Å². The Balaban J connectivity index is 1.36. The molecule has 2 heterocycles. The third kappa shape index (κ3) is 6.29. The number of hydrogen-bond acceptors (Lipinski definition) is 4. The van der Waals surface area contributed by atoms with Crippen molar-refractivity contribution in [3.63, 3.8) is 0 Å². The van der Waals surface area contributed by atoms with E-state index in [1.54, 1.807) is 12.0 Å². The fourth-order valence-electron chi connectivity index (χ4n) is 4.78. The number of piperidine rings is 2. The van der Waals surface area contributed by atoms with Gasteiger partial charge in [0.1, 0.15) is 0 Å². The van der Waals surface area contributed by atoms with Crippen molar-refractivity contribution in [2.24, 2.45) is 11.8 Å². The maximum Gasteiger partial charge on any atom is 0.225 e. The first kappa shape index (κ1) is 22.8. The molecule has 0 saturated carbocycles. The molecule has 2 atom stereocenters. The van der Waals surface area contributed by atoms with Gasteiger partial charge in [-0.05, 0) is 57.2 Å². The summed E-state index contributed by atoms with van der Waals surface area (Å²) in [7, 11) is 1.63. The molecule has 0 bridgehead atoms. The smallest absolute Gasteiger partial charge is 0.225 e. The highest BCUT2D eigenvalue weighted by atomic mass is 16.5. The van der Waals surface area contributed by atoms with Crippen LogP contribution in [-0.4, -0.2) is 67.6 Å². The van der Waals surface area contributed by atoms with Gasteiger partial charge in [0.05, 0.1) is 12.5 Å². The largest absolute Gasteiger partial charge is 0.383 e. The van der Waals surface area contributed by atoms with E-state index in [9.17, 15) is 9.59 Å². The Bertz CT molecular complexity index is 674. The molecule has 1 aromatic carbocycles. The van der Waals surface area contributed by atoms with Crippen LogP contribution in [0, 0.1) is 11.8 Å². The van der Waals surface area contributed by atoms with Gasteiger partial charge in [-0.25, -0.2) is 0 Å². The highest BCUT2D eigenvalue weighted by molar-refractivity contribution is 5.84. The number of ether oxygens (including phenoxy) is 1. The Morgan fingerprint density at radius 3 is 2.60 bits per heavy atom. The van der Waals surface area contributed by atoms with Crippen molar-refractivity contribution < 1.29 is 14.3 Å². The summed E-state index contributed by atoms with van der Waals surface area (Å²) in [6.45, 7) is 7.07. The van der Waals surface area contributed by atoms with E-state index in [1.165, 1.54) is 18.4 Å². The van der Waals surface area contributed by atoms with E-state index in [0.717, 1.165) is 32.6 Å². The number of likely N-dealkylation sites (tertiary alicyclic amines) is 2. The second kappa shape index (κ2) is 11.5. The number of methoxy groups -OCH3 is 1. The Hall–Kier alpha value is -1.92. The van der Waals surface area contributed by atoms with E-state index >= 15 is 0 Å². The Morgan fingerprint density at radius 2 is 1.90 bits per heavy atom. The van der Waals surface area contributed by atoms with E-state index in [0.29, 0.717) is 31.9 Å². The van der Waals surface area contributed by atoms with Crippen LogP contribution in [0.25, 0.3) is 0 Å². The average Bonchev–Trinajstić information content (AvgIpc) is 2.75. The number of hydrogen-bond donors (Lipinski definition) is 1. The van der Waals surface area contributed by atoms with Gasteiger partial charge in [-0.15, -0.1) is 0 Å². The Morgan fingerprint density at radius 1 is 1.17 bits per heavy atom. The van der Waals surface area contributed by atoms with E-state index in [1.807, 2.05) is 6.92 Å². The summed E-state index contributed by atoms with van der Waals surface area (Å²) >= 11 is 0. The van der Waals surface area contributed by atoms with Gasteiger partial charge in [0.15, 0.2) is 0 Å². The molecule has 30 heavy (non-hydrogen) atoms. The minimum Gasteiger partial charge on any atom is -0.383 e. The van der Waals surface area contributed by atoms with Crippen LogP contribution in [0.4, 0.5) is 0 Å². The van der Waals surface area contributed by atoms with Crippen LogP contribution in [0.5, 0.6) is 0 Å². The van der Waals surface area contributed by atoms with Crippen LogP contribution < -0.4 is 5.32 Å². The molecule has 3 rings (SSSR count). The molecule has 2 fully saturated rings. The first-order chi connectivity index (χ1) is 14.6. The molecular weight excluding hydrogens is 378 g/mol. The maximum atomic E-state index is 12.7. The monoisotopic (exact) mass is 415 g/mol. The number of nitrogens with one attached hydrogen (secondary N) is 1. The first-order valence-electron chi connectivity index (χ1n) is 11.4. The molecule has 0 unspecified atom stereocenters. The SMILES string of the molecule is COCCN1C(=O)CC[C@@H](C(=O)NCCC2CCN(Cc3ccccc3)CC2)[C@H]1C. The van der Waals surface area contributed by atoms with Gasteiger partial charge in [0, 0.05) is 39.2 Å². The molecule has 0 radical (unpaired) electrons. The second-order valence-electron chi connectivity index (χ2n) is 8.75. The second-order valence-corrected chi connectivity index (χ2v) is 8.75. The molecule has 6 heteroatoms. The van der Waals surface area contributed by atoms with Gasteiger partial charge < -0.3 is 15.0 Å². The summed E-state index contributed by atoms with van der Waals surface area (Å²) in [5.74, 6) is 0.790. The van der Waals surface area contributed by atoms with Crippen LogP contribution in [-0.2, 0) is 20.9 Å². The highest BCUT2D eigenvalue weighted by Crippen LogP contribution is 2.25. The zero-order chi connectivity index (χ0) is 21.3. The summed E-state index contributed by atoms with van der Waals surface area (Å²) in [5.41, 5.74) is 1.38. The van der Waals surface area contributed by atoms with Crippen molar-refractivity contribution in [1.82, 2.24) is 15.1 Å². The standard InChI is InChI=1S/C24H37N3O3/c1-19-22(8-9-23(28)27(19)16-17-30-2)24(29)25-13-10-20-11-14-26(15-12-20)18-21-6-4-3-5-7-21/h3-7,19-20,22H,8-18H2,1-2H3,(H,25,29)/t19-,22-/m1/s1. The van der Waals surface area contributed by atoms with Crippen LogP contribution in [0.15, 0.2) is 30.3 Å². The normalized spacial score (nSPS) is 23.5. The third-order valence-corrected chi connectivity index (χ3v) is 6.74. The summed E-state index contributed by atoms with van der Waals surface area (Å²) in [6.07, 6.45) is 4.53. The summed E-state index contributed by atoms with van der Waals surface area (Å²) in [5, 5.41) is 3.15. The molecule has 2 amide bonds. The molecular formula is C24H37N3O3. The van der Waals surface area contributed by atoms with E-state index in [2.05, 4.69) is 40.5 Å². The molecule has 166 valence electrons. The van der Waals surface area contributed by atoms with E-state index in [4.69, 9.17) is 4.74 Å². The molecule has 2 aliphatic heterocycles. The predicted octanol–water partition coefficient (Wildman–Crippen LogP) is 2.68. The number of nitrogens with zero attached hydrogens (tertiary/aromatic N) is 2. The molecule has 2 aliphatic rings. The lowest BCUT2D eigenvalue weighted by atomic mass is 9.88. The van der Waals surface area contributed by atoms with Gasteiger partial charge in [0.25, 0.3) is 0 Å². The fourth-order valence-corrected chi connectivity index (χ4v) is 4.78. The molecule has 1 N–H and O–H groups in total. The molecule has 0 aromatic heterocycles. The van der Waals surface area contributed by atoms with Gasteiger partial charge in [-0.2, -0.15) is 0 Å². The Kier molecular flexibility index (Phi) is 8.70. The molecule has 0 aliphatic carbocycles. The average molecular weight is 416 g/mol. The van der Waals surface area contributed by atoms with Gasteiger partial charge in [0.2, 0.25) is 11.8 Å². The van der Waals surface area contributed by atoms with Crippen molar-refractivity contribution in [3.8, 4) is 0 Å². The maximum absolute atomic E-state index is 12.7. The molecule has 6 nitrogen and oxygen atoms in total. The fraction of sp³-hybridized carbons (Fsp3) is 0.667. The van der Waals surface area contributed by atoms with Crippen LogP contribution in [0.3, 0.4) is 0 Å². The Labute approximate surface area is 180 Å². The van der Waals surface area contributed by atoms with Crippen molar-refractivity contribution in [3.05, 3.63) is 35.9 Å². The minimum atomic E-state index is -0.118.